The summed E-state index contributed by atoms with van der Waals surface area (Å²) in [5, 5.41) is 15.9. The second-order valence-electron chi connectivity index (χ2n) is 1.93. The fourth-order valence-corrected chi connectivity index (χ4v) is 0.709. The van der Waals surface area contributed by atoms with E-state index < -0.39 is 0 Å². The van der Waals surface area contributed by atoms with Crippen LogP contribution in [-0.4, -0.2) is 23.9 Å². The van der Waals surface area contributed by atoms with Gasteiger partial charge in [0.25, 0.3) is 0 Å². The molecule has 2 N–H and O–H groups in total. The number of hydrogen-bond donors (Lipinski definition) is 2. The molecule has 0 saturated carbocycles. The van der Waals surface area contributed by atoms with E-state index in [9.17, 15) is 0 Å². The summed E-state index contributed by atoms with van der Waals surface area (Å²) < 4.78 is 5.15. The van der Waals surface area contributed by atoms with Gasteiger partial charge in [-0.05, 0) is 31.2 Å². The SMILES string of the molecule is CCOc1ccc(O)cc1.CO. The molecule has 1 aromatic carbocycles. The number of phenolic OH excluding ortho intramolecular Hbond substituents is 1. The predicted molar refractivity (Wildman–Crippen MR) is 47.4 cm³/mol. The Balaban J connectivity index is 0.000000561. The quantitative estimate of drug-likeness (QED) is 0.705. The van der Waals surface area contributed by atoms with Crippen LogP contribution < -0.4 is 4.74 Å². The van der Waals surface area contributed by atoms with Crippen molar-refractivity contribution in [3.8, 4) is 11.5 Å². The number of phenols is 1. The van der Waals surface area contributed by atoms with Gasteiger partial charge < -0.3 is 14.9 Å². The summed E-state index contributed by atoms with van der Waals surface area (Å²) in [5.41, 5.74) is 0. The van der Waals surface area contributed by atoms with Gasteiger partial charge in [0.2, 0.25) is 0 Å². The normalized spacial score (nSPS) is 8.25. The lowest BCUT2D eigenvalue weighted by atomic mass is 10.3. The largest absolute Gasteiger partial charge is 0.508 e. The van der Waals surface area contributed by atoms with Gasteiger partial charge in [-0.2, -0.15) is 0 Å². The van der Waals surface area contributed by atoms with Crippen LogP contribution in [-0.2, 0) is 0 Å². The second kappa shape index (κ2) is 6.49. The van der Waals surface area contributed by atoms with E-state index in [1.165, 1.54) is 0 Å². The summed E-state index contributed by atoms with van der Waals surface area (Å²) in [7, 11) is 1.00. The van der Waals surface area contributed by atoms with Crippen LogP contribution >= 0.6 is 0 Å². The summed E-state index contributed by atoms with van der Waals surface area (Å²) in [6, 6.07) is 6.67. The topological polar surface area (TPSA) is 49.7 Å². The van der Waals surface area contributed by atoms with Gasteiger partial charge >= 0.3 is 0 Å². The third-order valence-electron chi connectivity index (χ3n) is 1.15. The van der Waals surface area contributed by atoms with Crippen molar-refractivity contribution in [2.45, 2.75) is 6.92 Å². The van der Waals surface area contributed by atoms with Crippen molar-refractivity contribution in [3.63, 3.8) is 0 Å². The summed E-state index contributed by atoms with van der Waals surface area (Å²) in [4.78, 5) is 0. The highest BCUT2D eigenvalue weighted by molar-refractivity contribution is 5.29. The van der Waals surface area contributed by atoms with Crippen LogP contribution in [0.25, 0.3) is 0 Å². The molecular formula is C9H14O3. The van der Waals surface area contributed by atoms with Gasteiger partial charge in [0, 0.05) is 7.11 Å². The van der Waals surface area contributed by atoms with Crippen molar-refractivity contribution in [2.24, 2.45) is 0 Å². The molecule has 0 aromatic heterocycles. The molecule has 0 bridgehead atoms. The third kappa shape index (κ3) is 3.83. The van der Waals surface area contributed by atoms with E-state index >= 15 is 0 Å². The van der Waals surface area contributed by atoms with Crippen LogP contribution in [0.15, 0.2) is 24.3 Å². The maximum atomic E-state index is 8.87. The van der Waals surface area contributed by atoms with Crippen LogP contribution in [0.2, 0.25) is 0 Å². The Morgan fingerprint density at radius 3 is 2.08 bits per heavy atom. The summed E-state index contributed by atoms with van der Waals surface area (Å²) in [6.45, 7) is 2.58. The van der Waals surface area contributed by atoms with E-state index in [2.05, 4.69) is 0 Å². The van der Waals surface area contributed by atoms with Crippen LogP contribution in [0.4, 0.5) is 0 Å². The lowest BCUT2D eigenvalue weighted by molar-refractivity contribution is 0.339. The Kier molecular flexibility index (Phi) is 5.83. The number of hydrogen-bond acceptors (Lipinski definition) is 3. The fraction of sp³-hybridized carbons (Fsp3) is 0.333. The Hall–Kier alpha value is -1.22. The molecule has 0 aliphatic rings. The molecule has 0 aliphatic carbocycles. The summed E-state index contributed by atoms with van der Waals surface area (Å²) in [5.74, 6) is 1.06. The lowest BCUT2D eigenvalue weighted by Crippen LogP contribution is -1.89. The van der Waals surface area contributed by atoms with E-state index in [0.29, 0.717) is 6.61 Å². The Labute approximate surface area is 72.2 Å². The zero-order chi connectivity index (χ0) is 9.40. The average molecular weight is 170 g/mol. The second-order valence-corrected chi connectivity index (χ2v) is 1.93. The predicted octanol–water partition coefficient (Wildman–Crippen LogP) is 1.40. The minimum absolute atomic E-state index is 0.267. The molecule has 68 valence electrons. The molecule has 0 heterocycles. The number of aliphatic hydroxyl groups excluding tert-OH is 1. The maximum Gasteiger partial charge on any atom is 0.119 e. The van der Waals surface area contributed by atoms with Crippen molar-refractivity contribution in [2.75, 3.05) is 13.7 Å². The average Bonchev–Trinajstić information content (AvgIpc) is 2.13. The first-order valence-corrected chi connectivity index (χ1v) is 3.69. The molecule has 0 radical (unpaired) electrons. The van der Waals surface area contributed by atoms with Gasteiger partial charge in [-0.15, -0.1) is 0 Å². The van der Waals surface area contributed by atoms with E-state index in [1.54, 1.807) is 24.3 Å². The van der Waals surface area contributed by atoms with Crippen molar-refractivity contribution in [1.82, 2.24) is 0 Å². The van der Waals surface area contributed by atoms with E-state index in [-0.39, 0.29) is 5.75 Å². The maximum absolute atomic E-state index is 8.87. The van der Waals surface area contributed by atoms with E-state index in [1.807, 2.05) is 6.92 Å². The van der Waals surface area contributed by atoms with Crippen LogP contribution in [0.1, 0.15) is 6.92 Å². The van der Waals surface area contributed by atoms with Crippen LogP contribution in [0, 0.1) is 0 Å². The standard InChI is InChI=1S/C8H10O2.CH4O/c1-2-10-8-5-3-7(9)4-6-8;1-2/h3-6,9H,2H2,1H3;2H,1H3. The highest BCUT2D eigenvalue weighted by Crippen LogP contribution is 2.15. The molecule has 0 saturated heterocycles. The van der Waals surface area contributed by atoms with Gasteiger partial charge in [-0.3, -0.25) is 0 Å². The highest BCUT2D eigenvalue weighted by atomic mass is 16.5. The van der Waals surface area contributed by atoms with Gasteiger partial charge in [-0.25, -0.2) is 0 Å². The summed E-state index contributed by atoms with van der Waals surface area (Å²) >= 11 is 0. The van der Waals surface area contributed by atoms with E-state index in [4.69, 9.17) is 14.9 Å². The van der Waals surface area contributed by atoms with Crippen molar-refractivity contribution < 1.29 is 14.9 Å². The van der Waals surface area contributed by atoms with Gasteiger partial charge in [-0.1, -0.05) is 0 Å². The molecule has 0 aliphatic heterocycles. The lowest BCUT2D eigenvalue weighted by Gasteiger charge is -2.00. The molecule has 1 aromatic rings. The zero-order valence-corrected chi connectivity index (χ0v) is 7.32. The van der Waals surface area contributed by atoms with Gasteiger partial charge in [0.1, 0.15) is 11.5 Å². The van der Waals surface area contributed by atoms with Gasteiger partial charge in [0.05, 0.1) is 6.61 Å². The molecule has 0 spiro atoms. The van der Waals surface area contributed by atoms with Crippen molar-refractivity contribution in [3.05, 3.63) is 24.3 Å². The number of rotatable bonds is 2. The molecule has 0 atom stereocenters. The first kappa shape index (κ1) is 10.8. The molecular weight excluding hydrogens is 156 g/mol. The monoisotopic (exact) mass is 170 g/mol. The zero-order valence-electron chi connectivity index (χ0n) is 7.32. The molecule has 12 heavy (non-hydrogen) atoms. The van der Waals surface area contributed by atoms with Crippen LogP contribution in [0.5, 0.6) is 11.5 Å². The Bertz CT molecular complexity index is 193. The fourth-order valence-electron chi connectivity index (χ4n) is 0.709. The molecule has 1 rings (SSSR count). The van der Waals surface area contributed by atoms with E-state index in [0.717, 1.165) is 12.9 Å². The van der Waals surface area contributed by atoms with Crippen molar-refractivity contribution >= 4 is 0 Å². The molecule has 3 heteroatoms. The number of benzene rings is 1. The minimum atomic E-state index is 0.267. The Morgan fingerprint density at radius 2 is 1.67 bits per heavy atom. The van der Waals surface area contributed by atoms with Gasteiger partial charge in [0.15, 0.2) is 0 Å². The number of aliphatic hydroxyl groups is 1. The molecule has 0 amide bonds. The highest BCUT2D eigenvalue weighted by Gasteiger charge is 1.89. The molecule has 0 fully saturated rings. The Morgan fingerprint density at radius 1 is 1.17 bits per heavy atom. The molecule has 0 unspecified atom stereocenters. The van der Waals surface area contributed by atoms with Crippen LogP contribution in [0.3, 0.4) is 0 Å². The number of ether oxygens (including phenoxy) is 1. The molecule has 3 nitrogen and oxygen atoms in total. The first-order valence-electron chi connectivity index (χ1n) is 3.69. The smallest absolute Gasteiger partial charge is 0.119 e. The summed E-state index contributed by atoms with van der Waals surface area (Å²) in [6.07, 6.45) is 0. The first-order chi connectivity index (χ1) is 5.83. The number of aromatic hydroxyl groups is 1. The van der Waals surface area contributed by atoms with Crippen molar-refractivity contribution in [1.29, 1.82) is 0 Å². The minimum Gasteiger partial charge on any atom is -0.508 e. The third-order valence-corrected chi connectivity index (χ3v) is 1.15.